The number of ether oxygens (including phenoxy) is 2. The normalized spacial score (nSPS) is 14.0. The number of aromatic nitrogens is 2. The molecule has 1 aromatic heterocycles. The van der Waals surface area contributed by atoms with Gasteiger partial charge in [0, 0.05) is 12.8 Å². The van der Waals surface area contributed by atoms with Crippen molar-refractivity contribution in [3.8, 4) is 0 Å². The zero-order valence-corrected chi connectivity index (χ0v) is 13.9. The third-order valence-electron chi connectivity index (χ3n) is 3.47. The molecule has 0 bridgehead atoms. The Hall–Kier alpha value is -1.49. The molecule has 0 spiro atoms. The first kappa shape index (κ1) is 17.6. The molecule has 5 nitrogen and oxygen atoms in total. The van der Waals surface area contributed by atoms with Crippen molar-refractivity contribution in [2.75, 3.05) is 13.2 Å². The van der Waals surface area contributed by atoms with Crippen LogP contribution < -0.4 is 0 Å². The van der Waals surface area contributed by atoms with Crippen molar-refractivity contribution in [1.82, 2.24) is 9.97 Å². The Balaban J connectivity index is 3.28. The summed E-state index contributed by atoms with van der Waals surface area (Å²) in [5, 5.41) is 0. The molecular weight excluding hydrogens is 268 g/mol. The second-order valence-electron chi connectivity index (χ2n) is 5.39. The van der Waals surface area contributed by atoms with Gasteiger partial charge in [0.15, 0.2) is 5.82 Å². The van der Waals surface area contributed by atoms with E-state index < -0.39 is 5.60 Å². The van der Waals surface area contributed by atoms with Gasteiger partial charge in [-0.3, -0.25) is 0 Å². The van der Waals surface area contributed by atoms with Gasteiger partial charge >= 0.3 is 5.97 Å². The fourth-order valence-electron chi connectivity index (χ4n) is 2.10. The Morgan fingerprint density at radius 3 is 2.43 bits per heavy atom. The van der Waals surface area contributed by atoms with Crippen molar-refractivity contribution >= 4 is 5.97 Å². The summed E-state index contributed by atoms with van der Waals surface area (Å²) in [6.45, 7) is 12.7. The zero-order valence-electron chi connectivity index (χ0n) is 13.9. The van der Waals surface area contributed by atoms with E-state index in [0.29, 0.717) is 30.3 Å². The maximum atomic E-state index is 12.0. The molecule has 1 heterocycles. The molecule has 1 rings (SSSR count). The van der Waals surface area contributed by atoms with Gasteiger partial charge < -0.3 is 9.47 Å². The molecule has 0 radical (unpaired) electrons. The Labute approximate surface area is 127 Å². The summed E-state index contributed by atoms with van der Waals surface area (Å²) >= 11 is 0. The van der Waals surface area contributed by atoms with E-state index in [1.807, 2.05) is 34.6 Å². The summed E-state index contributed by atoms with van der Waals surface area (Å²) in [6, 6.07) is 0. The highest BCUT2D eigenvalue weighted by molar-refractivity contribution is 5.90. The molecular formula is C16H26N2O3. The van der Waals surface area contributed by atoms with Gasteiger partial charge in [-0.25, -0.2) is 14.8 Å². The molecule has 1 aromatic rings. The summed E-state index contributed by atoms with van der Waals surface area (Å²) < 4.78 is 10.9. The smallest absolute Gasteiger partial charge is 0.341 e. The van der Waals surface area contributed by atoms with Crippen molar-refractivity contribution in [1.29, 1.82) is 0 Å². The summed E-state index contributed by atoms with van der Waals surface area (Å²) in [6.07, 6.45) is 2.32. The lowest BCUT2D eigenvalue weighted by Gasteiger charge is -2.27. The Kier molecular flexibility index (Phi) is 6.27. The van der Waals surface area contributed by atoms with E-state index >= 15 is 0 Å². The first-order valence-electron chi connectivity index (χ1n) is 7.58. The maximum absolute atomic E-state index is 12.0. The molecule has 0 N–H and O–H groups in total. The molecule has 0 aliphatic rings. The summed E-state index contributed by atoms with van der Waals surface area (Å²) in [4.78, 5) is 20.9. The fraction of sp³-hybridized carbons (Fsp3) is 0.688. The molecule has 0 saturated carbocycles. The maximum Gasteiger partial charge on any atom is 0.341 e. The van der Waals surface area contributed by atoms with E-state index in [1.54, 1.807) is 13.1 Å². The average Bonchev–Trinajstić information content (AvgIpc) is 2.46. The molecule has 21 heavy (non-hydrogen) atoms. The first-order valence-corrected chi connectivity index (χ1v) is 7.58. The average molecular weight is 294 g/mol. The van der Waals surface area contributed by atoms with Gasteiger partial charge in [0.1, 0.15) is 5.60 Å². The van der Waals surface area contributed by atoms with E-state index in [2.05, 4.69) is 9.97 Å². The van der Waals surface area contributed by atoms with Crippen molar-refractivity contribution in [3.63, 3.8) is 0 Å². The summed E-state index contributed by atoms with van der Waals surface area (Å²) in [5.41, 5.74) is 0.606. The van der Waals surface area contributed by atoms with Crippen molar-refractivity contribution in [2.24, 2.45) is 0 Å². The van der Waals surface area contributed by atoms with Crippen LogP contribution in [0, 0.1) is 0 Å². The van der Waals surface area contributed by atoms with E-state index in [9.17, 15) is 4.79 Å². The van der Waals surface area contributed by atoms with Crippen LogP contribution >= 0.6 is 0 Å². The lowest BCUT2D eigenvalue weighted by atomic mass is 10.00. The Morgan fingerprint density at radius 2 is 1.95 bits per heavy atom. The van der Waals surface area contributed by atoms with Crippen LogP contribution in [0.5, 0.6) is 0 Å². The molecule has 0 saturated heterocycles. The number of rotatable bonds is 7. The van der Waals surface area contributed by atoms with Crippen molar-refractivity contribution < 1.29 is 14.3 Å². The predicted octanol–water partition coefficient (Wildman–Crippen LogP) is 3.44. The third kappa shape index (κ3) is 4.00. The van der Waals surface area contributed by atoms with E-state index in [-0.39, 0.29) is 11.9 Å². The topological polar surface area (TPSA) is 61.3 Å². The predicted molar refractivity (Wildman–Crippen MR) is 81.3 cm³/mol. The lowest BCUT2D eigenvalue weighted by Crippen LogP contribution is -2.29. The second kappa shape index (κ2) is 7.50. The number of nitrogens with zero attached hydrogens (tertiary/aromatic N) is 2. The number of carbonyl (C=O) groups excluding carboxylic acids is 1. The number of hydrogen-bond acceptors (Lipinski definition) is 5. The molecule has 0 aromatic carbocycles. The van der Waals surface area contributed by atoms with Crippen LogP contribution in [0.2, 0.25) is 0 Å². The van der Waals surface area contributed by atoms with Crippen molar-refractivity contribution in [2.45, 2.75) is 59.5 Å². The third-order valence-corrected chi connectivity index (χ3v) is 3.47. The van der Waals surface area contributed by atoms with Gasteiger partial charge in [-0.05, 0) is 33.1 Å². The van der Waals surface area contributed by atoms with Gasteiger partial charge in [0.2, 0.25) is 0 Å². The quantitative estimate of drug-likeness (QED) is 0.721. The molecule has 0 aliphatic heterocycles. The van der Waals surface area contributed by atoms with E-state index in [0.717, 1.165) is 6.42 Å². The monoisotopic (exact) mass is 294 g/mol. The van der Waals surface area contributed by atoms with E-state index in [4.69, 9.17) is 9.47 Å². The Morgan fingerprint density at radius 1 is 1.29 bits per heavy atom. The minimum atomic E-state index is -0.536. The van der Waals surface area contributed by atoms with Gasteiger partial charge in [0.25, 0.3) is 0 Å². The fourth-order valence-corrected chi connectivity index (χ4v) is 2.10. The number of esters is 1. The summed E-state index contributed by atoms with van der Waals surface area (Å²) in [5.74, 6) is 0.347. The van der Waals surface area contributed by atoms with Gasteiger partial charge in [-0.1, -0.05) is 20.8 Å². The molecule has 1 unspecified atom stereocenters. The van der Waals surface area contributed by atoms with Crippen LogP contribution in [0.3, 0.4) is 0 Å². The standard InChI is InChI=1S/C16H26N2O3/c1-7-16(6,21-9-3)15-17-10-12(14(19)20-8-2)13(18-15)11(4)5/h10-11H,7-9H2,1-6H3. The van der Waals surface area contributed by atoms with Crippen molar-refractivity contribution in [3.05, 3.63) is 23.3 Å². The molecule has 118 valence electrons. The first-order chi connectivity index (χ1) is 9.89. The molecule has 1 atom stereocenters. The van der Waals surface area contributed by atoms with Gasteiger partial charge in [0.05, 0.1) is 17.9 Å². The highest BCUT2D eigenvalue weighted by Gasteiger charge is 2.30. The lowest BCUT2D eigenvalue weighted by molar-refractivity contribution is -0.0392. The van der Waals surface area contributed by atoms with Crippen LogP contribution in [0.1, 0.15) is 75.8 Å². The summed E-state index contributed by atoms with van der Waals surface area (Å²) in [7, 11) is 0. The van der Waals surface area contributed by atoms with Crippen LogP contribution in [-0.2, 0) is 15.1 Å². The van der Waals surface area contributed by atoms with Crippen LogP contribution in [0.4, 0.5) is 0 Å². The zero-order chi connectivity index (χ0) is 16.0. The SMILES string of the molecule is CCOC(=O)c1cnc(C(C)(CC)OCC)nc1C(C)C. The van der Waals surface area contributed by atoms with Crippen LogP contribution in [0.25, 0.3) is 0 Å². The molecule has 0 fully saturated rings. The van der Waals surface area contributed by atoms with Crippen LogP contribution in [-0.4, -0.2) is 29.2 Å². The second-order valence-corrected chi connectivity index (χ2v) is 5.39. The highest BCUT2D eigenvalue weighted by Crippen LogP contribution is 2.28. The minimum absolute atomic E-state index is 0.105. The molecule has 0 aliphatic carbocycles. The van der Waals surface area contributed by atoms with E-state index in [1.165, 1.54) is 0 Å². The molecule has 0 amide bonds. The van der Waals surface area contributed by atoms with Gasteiger partial charge in [-0.2, -0.15) is 0 Å². The van der Waals surface area contributed by atoms with Gasteiger partial charge in [-0.15, -0.1) is 0 Å². The highest BCUT2D eigenvalue weighted by atomic mass is 16.5. The number of hydrogen-bond donors (Lipinski definition) is 0. The van der Waals surface area contributed by atoms with Crippen LogP contribution in [0.15, 0.2) is 6.20 Å². The largest absolute Gasteiger partial charge is 0.462 e. The molecule has 5 heteroatoms. The minimum Gasteiger partial charge on any atom is -0.462 e. The number of carbonyl (C=O) groups is 1. The Bertz CT molecular complexity index is 488.